The average Bonchev–Trinajstić information content (AvgIpc) is 3.35. The molecular formula is C28H29FN4O2. The first-order chi connectivity index (χ1) is 16.9. The second-order valence-corrected chi connectivity index (χ2v) is 9.39. The van der Waals surface area contributed by atoms with Gasteiger partial charge in [-0.1, -0.05) is 18.2 Å². The molecule has 0 saturated carbocycles. The molecule has 35 heavy (non-hydrogen) atoms. The van der Waals surface area contributed by atoms with E-state index in [1.165, 1.54) is 6.07 Å². The van der Waals surface area contributed by atoms with Crippen molar-refractivity contribution in [1.82, 2.24) is 4.90 Å². The molecule has 0 spiro atoms. The van der Waals surface area contributed by atoms with Crippen molar-refractivity contribution in [3.63, 3.8) is 0 Å². The number of hydrogen-bond acceptors (Lipinski definition) is 4. The fourth-order valence-corrected chi connectivity index (χ4v) is 4.91. The molecule has 5 rings (SSSR count). The summed E-state index contributed by atoms with van der Waals surface area (Å²) in [6, 6.07) is 19.8. The van der Waals surface area contributed by atoms with Crippen LogP contribution in [0.1, 0.15) is 32.7 Å². The van der Waals surface area contributed by atoms with E-state index in [4.69, 9.17) is 0 Å². The lowest BCUT2D eigenvalue weighted by molar-refractivity contribution is 0.0979. The zero-order valence-corrected chi connectivity index (χ0v) is 20.0. The Hall–Kier alpha value is -3.71. The number of benzene rings is 3. The summed E-state index contributed by atoms with van der Waals surface area (Å²) in [5.41, 5.74) is 3.82. The van der Waals surface area contributed by atoms with Crippen LogP contribution in [0.3, 0.4) is 0 Å². The van der Waals surface area contributed by atoms with Gasteiger partial charge in [0.25, 0.3) is 11.8 Å². The molecule has 3 aromatic carbocycles. The van der Waals surface area contributed by atoms with Gasteiger partial charge in [-0.25, -0.2) is 4.39 Å². The fourth-order valence-electron chi connectivity index (χ4n) is 4.91. The van der Waals surface area contributed by atoms with Crippen LogP contribution in [0.5, 0.6) is 0 Å². The summed E-state index contributed by atoms with van der Waals surface area (Å²) in [4.78, 5) is 31.6. The number of likely N-dealkylation sites (N-methyl/N-ethyl adjacent to an activating group) is 1. The molecule has 1 saturated heterocycles. The predicted molar refractivity (Wildman–Crippen MR) is 137 cm³/mol. The van der Waals surface area contributed by atoms with Crippen LogP contribution < -0.4 is 15.1 Å². The smallest absolute Gasteiger partial charge is 0.258 e. The van der Waals surface area contributed by atoms with E-state index in [1.54, 1.807) is 35.2 Å². The monoisotopic (exact) mass is 472 g/mol. The van der Waals surface area contributed by atoms with Gasteiger partial charge in [0.15, 0.2) is 0 Å². The van der Waals surface area contributed by atoms with Crippen molar-refractivity contribution < 1.29 is 14.0 Å². The van der Waals surface area contributed by atoms with E-state index in [-0.39, 0.29) is 17.6 Å². The summed E-state index contributed by atoms with van der Waals surface area (Å²) in [5, 5.41) is 2.90. The van der Waals surface area contributed by atoms with Crippen LogP contribution >= 0.6 is 0 Å². The molecule has 2 aliphatic heterocycles. The highest BCUT2D eigenvalue weighted by Gasteiger charge is 2.29. The third-order valence-corrected chi connectivity index (χ3v) is 6.96. The summed E-state index contributed by atoms with van der Waals surface area (Å²) in [6.45, 7) is 2.06. The molecule has 0 aromatic heterocycles. The number of hydrogen-bond donors (Lipinski definition) is 1. The zero-order chi connectivity index (χ0) is 24.5. The van der Waals surface area contributed by atoms with Crippen molar-refractivity contribution in [1.29, 1.82) is 0 Å². The number of fused-ring (bicyclic) bond motifs is 1. The molecule has 1 atom stereocenters. The standard InChI is InChI=1S/C28H29FN4O2/c1-31(2)23-13-14-32(18-23)26-11-9-22(17-25(26)29)33-15-12-20-16-21(8-10-24(20)28(33)35)30-27(34)19-6-4-3-5-7-19/h3-11,16-17,23H,12-15,18H2,1-2H3,(H,30,34)/t23-/m1/s1. The van der Waals surface area contributed by atoms with E-state index in [1.807, 2.05) is 44.4 Å². The van der Waals surface area contributed by atoms with Crippen molar-refractivity contribution in [3.8, 4) is 0 Å². The molecule has 0 bridgehead atoms. The molecular weight excluding hydrogens is 443 g/mol. The highest BCUT2D eigenvalue weighted by Crippen LogP contribution is 2.31. The normalized spacial score (nSPS) is 17.6. The molecule has 6 nitrogen and oxygen atoms in total. The molecule has 2 amide bonds. The van der Waals surface area contributed by atoms with Crippen molar-refractivity contribution in [2.75, 3.05) is 48.8 Å². The van der Waals surface area contributed by atoms with Gasteiger partial charge in [-0.15, -0.1) is 0 Å². The van der Waals surface area contributed by atoms with Crippen LogP contribution in [-0.4, -0.2) is 56.5 Å². The van der Waals surface area contributed by atoms with Crippen LogP contribution in [0.4, 0.5) is 21.5 Å². The first-order valence-corrected chi connectivity index (χ1v) is 11.9. The van der Waals surface area contributed by atoms with Crippen molar-refractivity contribution in [2.24, 2.45) is 0 Å². The number of rotatable bonds is 5. The lowest BCUT2D eigenvalue weighted by Gasteiger charge is -2.30. The predicted octanol–water partition coefficient (Wildman–Crippen LogP) is 4.42. The second kappa shape index (κ2) is 9.50. The maximum atomic E-state index is 15.1. The number of nitrogens with one attached hydrogen (secondary N) is 1. The second-order valence-electron chi connectivity index (χ2n) is 9.39. The molecule has 1 N–H and O–H groups in total. The maximum absolute atomic E-state index is 15.1. The molecule has 0 radical (unpaired) electrons. The Morgan fingerprint density at radius 3 is 2.54 bits per heavy atom. The third kappa shape index (κ3) is 4.64. The molecule has 7 heteroatoms. The molecule has 0 aliphatic carbocycles. The van der Waals surface area contributed by atoms with Crippen LogP contribution in [0.2, 0.25) is 0 Å². The Labute approximate surface area is 205 Å². The van der Waals surface area contributed by atoms with Crippen LogP contribution in [0, 0.1) is 5.82 Å². The molecule has 1 fully saturated rings. The Kier molecular flexibility index (Phi) is 6.26. The van der Waals surface area contributed by atoms with Crippen LogP contribution in [-0.2, 0) is 6.42 Å². The van der Waals surface area contributed by atoms with Crippen LogP contribution in [0.15, 0.2) is 66.7 Å². The van der Waals surface area contributed by atoms with Gasteiger partial charge in [0.05, 0.1) is 5.69 Å². The molecule has 180 valence electrons. The van der Waals surface area contributed by atoms with Crippen LogP contribution in [0.25, 0.3) is 0 Å². The largest absolute Gasteiger partial charge is 0.368 e. The average molecular weight is 473 g/mol. The van der Waals surface area contributed by atoms with E-state index in [2.05, 4.69) is 15.1 Å². The number of halogens is 1. The lowest BCUT2D eigenvalue weighted by Crippen LogP contribution is -2.37. The van der Waals surface area contributed by atoms with Gasteiger partial charge >= 0.3 is 0 Å². The highest BCUT2D eigenvalue weighted by molar-refractivity contribution is 6.09. The van der Waals surface area contributed by atoms with E-state index < -0.39 is 0 Å². The van der Waals surface area contributed by atoms with Gasteiger partial charge in [0.1, 0.15) is 5.82 Å². The van der Waals surface area contributed by atoms with Gasteiger partial charge in [0, 0.05) is 48.2 Å². The van der Waals surface area contributed by atoms with Gasteiger partial charge in [0.2, 0.25) is 0 Å². The molecule has 0 unspecified atom stereocenters. The quantitative estimate of drug-likeness (QED) is 0.597. The molecule has 2 heterocycles. The molecule has 3 aromatic rings. The van der Waals surface area contributed by atoms with Crippen molar-refractivity contribution in [3.05, 3.63) is 89.2 Å². The summed E-state index contributed by atoms with van der Waals surface area (Å²) in [6.07, 6.45) is 1.62. The van der Waals surface area contributed by atoms with E-state index in [0.29, 0.717) is 47.2 Å². The van der Waals surface area contributed by atoms with E-state index in [0.717, 1.165) is 25.1 Å². The highest BCUT2D eigenvalue weighted by atomic mass is 19.1. The zero-order valence-electron chi connectivity index (χ0n) is 20.0. The fraction of sp³-hybridized carbons (Fsp3) is 0.286. The Bertz CT molecular complexity index is 1260. The van der Waals surface area contributed by atoms with E-state index in [9.17, 15) is 9.59 Å². The molecule has 2 aliphatic rings. The first kappa shape index (κ1) is 23.1. The van der Waals surface area contributed by atoms with E-state index >= 15 is 4.39 Å². The van der Waals surface area contributed by atoms with Gasteiger partial charge in [-0.05, 0) is 81.0 Å². The maximum Gasteiger partial charge on any atom is 0.258 e. The Morgan fingerprint density at radius 1 is 1.03 bits per heavy atom. The Morgan fingerprint density at radius 2 is 1.83 bits per heavy atom. The number of carbonyl (C=O) groups excluding carboxylic acids is 2. The van der Waals surface area contributed by atoms with Crippen molar-refractivity contribution in [2.45, 2.75) is 18.9 Å². The van der Waals surface area contributed by atoms with Gasteiger partial charge in [-0.3, -0.25) is 9.59 Å². The summed E-state index contributed by atoms with van der Waals surface area (Å²) in [5.74, 6) is -0.660. The van der Waals surface area contributed by atoms with Gasteiger partial charge in [-0.2, -0.15) is 0 Å². The first-order valence-electron chi connectivity index (χ1n) is 11.9. The number of nitrogens with zero attached hydrogens (tertiary/aromatic N) is 3. The summed E-state index contributed by atoms with van der Waals surface area (Å²) >= 11 is 0. The number of carbonyl (C=O) groups is 2. The lowest BCUT2D eigenvalue weighted by atomic mass is 9.97. The minimum Gasteiger partial charge on any atom is -0.368 e. The van der Waals surface area contributed by atoms with Gasteiger partial charge < -0.3 is 20.0 Å². The third-order valence-electron chi connectivity index (χ3n) is 6.96. The SMILES string of the molecule is CN(C)[C@@H]1CCN(c2ccc(N3CCc4cc(NC(=O)c5ccccc5)ccc4C3=O)cc2F)C1. The topological polar surface area (TPSA) is 55.9 Å². The minimum atomic E-state index is -0.306. The minimum absolute atomic E-state index is 0.159. The van der Waals surface area contributed by atoms with Crippen molar-refractivity contribution >= 4 is 28.9 Å². The Balaban J connectivity index is 1.30. The number of anilines is 3. The summed E-state index contributed by atoms with van der Waals surface area (Å²) < 4.78 is 15.1. The number of amides is 2. The summed E-state index contributed by atoms with van der Waals surface area (Å²) in [7, 11) is 4.10.